The van der Waals surface area contributed by atoms with Gasteiger partial charge in [0.1, 0.15) is 5.82 Å². The third-order valence-corrected chi connectivity index (χ3v) is 4.73. The maximum atomic E-state index is 5.84. The molecule has 0 unspecified atom stereocenters. The van der Waals surface area contributed by atoms with Crippen molar-refractivity contribution < 1.29 is 4.74 Å². The highest BCUT2D eigenvalue weighted by Gasteiger charge is 2.21. The smallest absolute Gasteiger partial charge is 0.148 e. The van der Waals surface area contributed by atoms with E-state index in [9.17, 15) is 0 Å². The molecule has 22 heavy (non-hydrogen) atoms. The summed E-state index contributed by atoms with van der Waals surface area (Å²) in [6.45, 7) is 8.52. The summed E-state index contributed by atoms with van der Waals surface area (Å²) in [6, 6.07) is 3.79. The van der Waals surface area contributed by atoms with E-state index in [1.807, 2.05) is 12.1 Å². The largest absolute Gasteiger partial charge is 0.374 e. The van der Waals surface area contributed by atoms with Crippen molar-refractivity contribution in [3.05, 3.63) is 33.9 Å². The number of anilines is 1. The molecule has 1 saturated heterocycles. The monoisotopic (exact) mass is 319 g/mol. The molecular formula is C15H21N5OS. The fourth-order valence-electron chi connectivity index (χ4n) is 2.59. The highest BCUT2D eigenvalue weighted by Crippen LogP contribution is 2.20. The Bertz CT molecular complexity index is 603. The summed E-state index contributed by atoms with van der Waals surface area (Å²) in [5.74, 6) is 0.789. The number of aryl methyl sites for hydroxylation is 2. The maximum absolute atomic E-state index is 5.84. The SMILES string of the molecule is Cc1nc(C)c(CN2CCO[C@@H](CNc3cccnn3)C2)s1. The molecular weight excluding hydrogens is 298 g/mol. The van der Waals surface area contributed by atoms with Crippen LogP contribution in [0, 0.1) is 13.8 Å². The molecule has 0 bridgehead atoms. The quantitative estimate of drug-likeness (QED) is 0.907. The van der Waals surface area contributed by atoms with Gasteiger partial charge in [-0.3, -0.25) is 4.90 Å². The lowest BCUT2D eigenvalue weighted by molar-refractivity contribution is -0.0238. The normalized spacial score (nSPS) is 19.3. The Kier molecular flexibility index (Phi) is 4.97. The zero-order valence-corrected chi connectivity index (χ0v) is 13.8. The number of ether oxygens (including phenoxy) is 1. The summed E-state index contributed by atoms with van der Waals surface area (Å²) in [5, 5.41) is 12.3. The third kappa shape index (κ3) is 4.00. The predicted octanol–water partition coefficient (Wildman–Crippen LogP) is 1.86. The first-order valence-electron chi connectivity index (χ1n) is 7.49. The summed E-state index contributed by atoms with van der Waals surface area (Å²) in [4.78, 5) is 8.30. The molecule has 1 aliphatic heterocycles. The van der Waals surface area contributed by atoms with Crippen LogP contribution in [-0.2, 0) is 11.3 Å². The zero-order valence-electron chi connectivity index (χ0n) is 13.0. The van der Waals surface area contributed by atoms with Gasteiger partial charge in [0.2, 0.25) is 0 Å². The number of hydrogen-bond acceptors (Lipinski definition) is 7. The molecule has 7 heteroatoms. The van der Waals surface area contributed by atoms with Gasteiger partial charge >= 0.3 is 0 Å². The van der Waals surface area contributed by atoms with Crippen molar-refractivity contribution in [1.82, 2.24) is 20.1 Å². The molecule has 1 atom stereocenters. The number of rotatable bonds is 5. The van der Waals surface area contributed by atoms with E-state index in [4.69, 9.17) is 4.74 Å². The minimum atomic E-state index is 0.171. The van der Waals surface area contributed by atoms with Crippen LogP contribution in [0.4, 0.5) is 5.82 Å². The summed E-state index contributed by atoms with van der Waals surface area (Å²) in [7, 11) is 0. The average molecular weight is 319 g/mol. The minimum absolute atomic E-state index is 0.171. The van der Waals surface area contributed by atoms with Gasteiger partial charge in [0.05, 0.1) is 23.4 Å². The van der Waals surface area contributed by atoms with Crippen LogP contribution in [0.1, 0.15) is 15.6 Å². The second-order valence-corrected chi connectivity index (χ2v) is 6.75. The molecule has 0 radical (unpaired) electrons. The lowest BCUT2D eigenvalue weighted by Gasteiger charge is -2.32. The topological polar surface area (TPSA) is 63.2 Å². The fraction of sp³-hybridized carbons (Fsp3) is 0.533. The van der Waals surface area contributed by atoms with Gasteiger partial charge in [0.15, 0.2) is 0 Å². The van der Waals surface area contributed by atoms with Gasteiger partial charge in [-0.1, -0.05) is 0 Å². The lowest BCUT2D eigenvalue weighted by atomic mass is 10.2. The van der Waals surface area contributed by atoms with Crippen molar-refractivity contribution >= 4 is 17.2 Å². The third-order valence-electron chi connectivity index (χ3n) is 3.67. The van der Waals surface area contributed by atoms with E-state index in [0.717, 1.165) is 49.3 Å². The van der Waals surface area contributed by atoms with Crippen molar-refractivity contribution in [1.29, 1.82) is 0 Å². The second-order valence-electron chi connectivity index (χ2n) is 5.46. The standard InChI is InChI=1S/C15H21N5OS/c1-11-14(22-12(2)18-11)10-20-6-7-21-13(9-20)8-16-15-4-3-5-17-19-15/h3-5,13H,6-10H2,1-2H3,(H,16,19)/t13-/m0/s1. The second kappa shape index (κ2) is 7.13. The van der Waals surface area contributed by atoms with Gasteiger partial charge in [-0.15, -0.1) is 16.4 Å². The van der Waals surface area contributed by atoms with Crippen LogP contribution in [0.5, 0.6) is 0 Å². The van der Waals surface area contributed by atoms with Crippen LogP contribution < -0.4 is 5.32 Å². The fourth-order valence-corrected chi connectivity index (χ4v) is 3.56. The summed E-state index contributed by atoms with van der Waals surface area (Å²) in [6.07, 6.45) is 1.84. The Morgan fingerprint density at radius 3 is 3.09 bits per heavy atom. The van der Waals surface area contributed by atoms with Gasteiger partial charge in [0.25, 0.3) is 0 Å². The van der Waals surface area contributed by atoms with Gasteiger partial charge in [-0.05, 0) is 26.0 Å². The van der Waals surface area contributed by atoms with Crippen molar-refractivity contribution in [2.45, 2.75) is 26.5 Å². The molecule has 1 fully saturated rings. The average Bonchev–Trinajstić information content (AvgIpc) is 2.84. The first-order chi connectivity index (χ1) is 10.7. The summed E-state index contributed by atoms with van der Waals surface area (Å²) in [5.41, 5.74) is 1.16. The van der Waals surface area contributed by atoms with Crippen molar-refractivity contribution in [2.75, 3.05) is 31.6 Å². The molecule has 118 valence electrons. The van der Waals surface area contributed by atoms with Gasteiger partial charge in [0, 0.05) is 37.3 Å². The molecule has 1 N–H and O–H groups in total. The molecule has 1 aliphatic rings. The van der Waals surface area contributed by atoms with Gasteiger partial charge in [-0.25, -0.2) is 4.98 Å². The van der Waals surface area contributed by atoms with E-state index in [0.29, 0.717) is 0 Å². The molecule has 0 saturated carbocycles. The van der Waals surface area contributed by atoms with Gasteiger partial charge in [-0.2, -0.15) is 5.10 Å². The predicted molar refractivity (Wildman–Crippen MR) is 87.1 cm³/mol. The Hall–Kier alpha value is -1.57. The number of aromatic nitrogens is 3. The molecule has 0 amide bonds. The van der Waals surface area contributed by atoms with E-state index in [1.165, 1.54) is 4.88 Å². The lowest BCUT2D eigenvalue weighted by Crippen LogP contribution is -2.44. The van der Waals surface area contributed by atoms with Crippen LogP contribution in [0.25, 0.3) is 0 Å². The van der Waals surface area contributed by atoms with Crippen LogP contribution in [-0.4, -0.2) is 52.4 Å². The Morgan fingerprint density at radius 1 is 1.45 bits per heavy atom. The number of nitrogens with one attached hydrogen (secondary N) is 1. The molecule has 2 aromatic rings. The highest BCUT2D eigenvalue weighted by atomic mass is 32.1. The van der Waals surface area contributed by atoms with Crippen molar-refractivity contribution in [3.63, 3.8) is 0 Å². The zero-order chi connectivity index (χ0) is 15.4. The summed E-state index contributed by atoms with van der Waals surface area (Å²) < 4.78 is 5.84. The number of thiazole rings is 1. The number of nitrogens with zero attached hydrogens (tertiary/aromatic N) is 4. The van der Waals surface area contributed by atoms with Gasteiger partial charge < -0.3 is 10.1 Å². The van der Waals surface area contributed by atoms with Crippen LogP contribution in [0.15, 0.2) is 18.3 Å². The molecule has 6 nitrogen and oxygen atoms in total. The molecule has 2 aromatic heterocycles. The Balaban J connectivity index is 1.52. The first kappa shape index (κ1) is 15.3. The number of hydrogen-bond donors (Lipinski definition) is 1. The van der Waals surface area contributed by atoms with Crippen molar-refractivity contribution in [3.8, 4) is 0 Å². The molecule has 3 heterocycles. The number of morpholine rings is 1. The van der Waals surface area contributed by atoms with Crippen LogP contribution >= 0.6 is 11.3 Å². The van der Waals surface area contributed by atoms with E-state index in [2.05, 4.69) is 39.2 Å². The Labute approximate surface area is 134 Å². The Morgan fingerprint density at radius 2 is 2.36 bits per heavy atom. The summed E-state index contributed by atoms with van der Waals surface area (Å²) >= 11 is 1.79. The first-order valence-corrected chi connectivity index (χ1v) is 8.31. The van der Waals surface area contributed by atoms with E-state index >= 15 is 0 Å². The molecule has 0 spiro atoms. The molecule has 0 aliphatic carbocycles. The van der Waals surface area contributed by atoms with Crippen LogP contribution in [0.3, 0.4) is 0 Å². The highest BCUT2D eigenvalue weighted by molar-refractivity contribution is 7.11. The van der Waals surface area contributed by atoms with Crippen molar-refractivity contribution in [2.24, 2.45) is 0 Å². The minimum Gasteiger partial charge on any atom is -0.374 e. The maximum Gasteiger partial charge on any atom is 0.148 e. The molecule has 0 aromatic carbocycles. The molecule has 3 rings (SSSR count). The van der Waals surface area contributed by atoms with Crippen LogP contribution in [0.2, 0.25) is 0 Å². The van der Waals surface area contributed by atoms with E-state index in [-0.39, 0.29) is 6.10 Å². The van der Waals surface area contributed by atoms with E-state index in [1.54, 1.807) is 17.5 Å². The van der Waals surface area contributed by atoms with E-state index < -0.39 is 0 Å².